The summed E-state index contributed by atoms with van der Waals surface area (Å²) in [5, 5.41) is 34.8. The standard InChI is InChI=1S/C20H36N6O9/c1-10(27)16(19(33)25-13(20(34)35)6-7-14(23)28)26-18(32)12(4-2-3-9-21)24-17(31)11(22)5-8-15(29)30/h10-13,16,27H,2-9,21-22H2,1H3,(H2,23,28)(H,24,31)(H,25,33)(H,26,32)(H,29,30)(H,34,35). The molecule has 0 radical (unpaired) electrons. The van der Waals surface area contributed by atoms with Crippen LogP contribution in [-0.4, -0.2) is 87.7 Å². The smallest absolute Gasteiger partial charge is 0.326 e. The van der Waals surface area contributed by atoms with E-state index in [2.05, 4.69) is 16.0 Å². The molecule has 0 saturated carbocycles. The predicted octanol–water partition coefficient (Wildman–Crippen LogP) is -3.51. The number of hydrogen-bond acceptors (Lipinski definition) is 9. The minimum atomic E-state index is -1.59. The van der Waals surface area contributed by atoms with Crippen LogP contribution >= 0.6 is 0 Å². The first-order valence-electron chi connectivity index (χ1n) is 11.1. The van der Waals surface area contributed by atoms with Gasteiger partial charge in [-0.05, 0) is 45.6 Å². The monoisotopic (exact) mass is 504 g/mol. The van der Waals surface area contributed by atoms with E-state index in [-0.39, 0.29) is 32.1 Å². The molecule has 0 saturated heterocycles. The Morgan fingerprint density at radius 2 is 1.40 bits per heavy atom. The first-order chi connectivity index (χ1) is 16.3. The zero-order valence-corrected chi connectivity index (χ0v) is 19.6. The van der Waals surface area contributed by atoms with Gasteiger partial charge in [-0.2, -0.15) is 0 Å². The highest BCUT2D eigenvalue weighted by molar-refractivity contribution is 5.94. The topological polar surface area (TPSA) is 277 Å². The fraction of sp³-hybridized carbons (Fsp3) is 0.700. The van der Waals surface area contributed by atoms with Gasteiger partial charge in [0.25, 0.3) is 0 Å². The third kappa shape index (κ3) is 13.2. The van der Waals surface area contributed by atoms with E-state index in [4.69, 9.17) is 22.3 Å². The number of aliphatic hydroxyl groups is 1. The number of aliphatic hydroxyl groups excluding tert-OH is 1. The second-order valence-electron chi connectivity index (χ2n) is 8.02. The molecular weight excluding hydrogens is 468 g/mol. The van der Waals surface area contributed by atoms with Crippen molar-refractivity contribution in [2.24, 2.45) is 17.2 Å². The Kier molecular flexibility index (Phi) is 14.8. The zero-order valence-electron chi connectivity index (χ0n) is 19.6. The Morgan fingerprint density at radius 3 is 1.89 bits per heavy atom. The van der Waals surface area contributed by atoms with E-state index >= 15 is 0 Å². The van der Waals surface area contributed by atoms with Crippen LogP contribution in [0.4, 0.5) is 0 Å². The molecule has 4 amide bonds. The fourth-order valence-corrected chi connectivity index (χ4v) is 2.91. The fourth-order valence-electron chi connectivity index (χ4n) is 2.91. The molecule has 0 aliphatic carbocycles. The molecule has 0 aliphatic heterocycles. The van der Waals surface area contributed by atoms with Gasteiger partial charge in [-0.15, -0.1) is 0 Å². The average molecular weight is 505 g/mol. The lowest BCUT2D eigenvalue weighted by molar-refractivity contribution is -0.143. The Bertz CT molecular complexity index is 761. The van der Waals surface area contributed by atoms with Crippen molar-refractivity contribution in [3.8, 4) is 0 Å². The number of carboxylic acid groups (broad SMARTS) is 2. The van der Waals surface area contributed by atoms with Crippen LogP contribution in [0.5, 0.6) is 0 Å². The summed E-state index contributed by atoms with van der Waals surface area (Å²) in [6.07, 6.45) is -1.57. The summed E-state index contributed by atoms with van der Waals surface area (Å²) in [4.78, 5) is 70.8. The highest BCUT2D eigenvalue weighted by Crippen LogP contribution is 2.06. The molecule has 15 heteroatoms. The van der Waals surface area contributed by atoms with Crippen LogP contribution in [0.25, 0.3) is 0 Å². The number of primary amides is 1. The molecule has 0 fully saturated rings. The first kappa shape index (κ1) is 31.7. The van der Waals surface area contributed by atoms with Crippen LogP contribution in [0.2, 0.25) is 0 Å². The molecule has 0 spiro atoms. The van der Waals surface area contributed by atoms with Gasteiger partial charge in [0.1, 0.15) is 18.1 Å². The molecule has 0 aromatic carbocycles. The van der Waals surface area contributed by atoms with Crippen molar-refractivity contribution >= 4 is 35.6 Å². The van der Waals surface area contributed by atoms with E-state index in [1.54, 1.807) is 0 Å². The van der Waals surface area contributed by atoms with Gasteiger partial charge < -0.3 is 48.5 Å². The predicted molar refractivity (Wildman–Crippen MR) is 121 cm³/mol. The maximum absolute atomic E-state index is 12.9. The van der Waals surface area contributed by atoms with Crippen molar-refractivity contribution in [3.63, 3.8) is 0 Å². The number of unbranched alkanes of at least 4 members (excludes halogenated alkanes) is 1. The van der Waals surface area contributed by atoms with Crippen molar-refractivity contribution in [2.45, 2.75) is 82.1 Å². The molecule has 0 aliphatic rings. The van der Waals surface area contributed by atoms with E-state index in [9.17, 15) is 39.0 Å². The van der Waals surface area contributed by atoms with E-state index < -0.39 is 65.8 Å². The number of nitrogens with two attached hydrogens (primary N) is 3. The Balaban J connectivity index is 5.41. The van der Waals surface area contributed by atoms with E-state index in [0.29, 0.717) is 19.4 Å². The average Bonchev–Trinajstić information content (AvgIpc) is 2.76. The van der Waals surface area contributed by atoms with Gasteiger partial charge in [-0.3, -0.25) is 24.0 Å². The lowest BCUT2D eigenvalue weighted by Gasteiger charge is -2.26. The molecule has 200 valence electrons. The van der Waals surface area contributed by atoms with Gasteiger partial charge in [0.15, 0.2) is 0 Å². The second-order valence-corrected chi connectivity index (χ2v) is 8.02. The van der Waals surface area contributed by atoms with Crippen LogP contribution in [0.3, 0.4) is 0 Å². The number of amides is 4. The molecule has 35 heavy (non-hydrogen) atoms. The lowest BCUT2D eigenvalue weighted by Crippen LogP contribution is -2.59. The van der Waals surface area contributed by atoms with Crippen LogP contribution in [0.1, 0.15) is 51.9 Å². The molecule has 0 aromatic rings. The Labute approximate surface area is 202 Å². The van der Waals surface area contributed by atoms with Gasteiger partial charge in [-0.25, -0.2) is 4.79 Å². The summed E-state index contributed by atoms with van der Waals surface area (Å²) in [5.41, 5.74) is 16.1. The van der Waals surface area contributed by atoms with Crippen molar-refractivity contribution in [1.29, 1.82) is 0 Å². The van der Waals surface area contributed by atoms with Gasteiger partial charge in [-0.1, -0.05) is 0 Å². The number of carboxylic acids is 2. The second kappa shape index (κ2) is 16.3. The van der Waals surface area contributed by atoms with Crippen LogP contribution < -0.4 is 33.2 Å². The molecule has 15 nitrogen and oxygen atoms in total. The summed E-state index contributed by atoms with van der Waals surface area (Å²) in [6.45, 7) is 1.51. The highest BCUT2D eigenvalue weighted by atomic mass is 16.4. The van der Waals surface area contributed by atoms with Gasteiger partial charge in [0.05, 0.1) is 12.1 Å². The molecule has 5 unspecified atom stereocenters. The maximum Gasteiger partial charge on any atom is 0.326 e. The Hall–Kier alpha value is -3.30. The number of carbonyl (C=O) groups is 6. The normalized spacial score (nSPS) is 15.1. The van der Waals surface area contributed by atoms with Crippen molar-refractivity contribution in [3.05, 3.63) is 0 Å². The highest BCUT2D eigenvalue weighted by Gasteiger charge is 2.32. The quantitative estimate of drug-likeness (QED) is 0.0825. The molecule has 5 atom stereocenters. The summed E-state index contributed by atoms with van der Waals surface area (Å²) in [7, 11) is 0. The van der Waals surface area contributed by atoms with Crippen molar-refractivity contribution < 1.29 is 44.1 Å². The lowest BCUT2D eigenvalue weighted by atomic mass is 10.0. The summed E-state index contributed by atoms with van der Waals surface area (Å²) < 4.78 is 0. The number of aliphatic carboxylic acids is 2. The van der Waals surface area contributed by atoms with Crippen LogP contribution in [-0.2, 0) is 28.8 Å². The first-order valence-corrected chi connectivity index (χ1v) is 11.1. The van der Waals surface area contributed by atoms with E-state index in [1.807, 2.05) is 0 Å². The maximum atomic E-state index is 12.9. The third-order valence-corrected chi connectivity index (χ3v) is 4.94. The summed E-state index contributed by atoms with van der Waals surface area (Å²) in [5.74, 6) is -6.04. The minimum Gasteiger partial charge on any atom is -0.481 e. The molecule has 0 bridgehead atoms. The minimum absolute atomic E-state index is 0.102. The summed E-state index contributed by atoms with van der Waals surface area (Å²) >= 11 is 0. The number of carbonyl (C=O) groups excluding carboxylic acids is 4. The number of nitrogens with one attached hydrogen (secondary N) is 3. The molecule has 12 N–H and O–H groups in total. The van der Waals surface area contributed by atoms with Gasteiger partial charge in [0, 0.05) is 12.8 Å². The number of rotatable bonds is 18. The van der Waals surface area contributed by atoms with Crippen molar-refractivity contribution in [1.82, 2.24) is 16.0 Å². The molecule has 0 heterocycles. The SMILES string of the molecule is CC(O)C(NC(=O)C(CCCCN)NC(=O)C(N)CCC(=O)O)C(=O)NC(CCC(N)=O)C(=O)O. The number of hydrogen-bond donors (Lipinski definition) is 9. The van der Waals surface area contributed by atoms with Gasteiger partial charge >= 0.3 is 11.9 Å². The van der Waals surface area contributed by atoms with E-state index in [0.717, 1.165) is 0 Å². The third-order valence-electron chi connectivity index (χ3n) is 4.94. The van der Waals surface area contributed by atoms with Crippen LogP contribution in [0.15, 0.2) is 0 Å². The zero-order chi connectivity index (χ0) is 27.1. The van der Waals surface area contributed by atoms with E-state index in [1.165, 1.54) is 6.92 Å². The molecular formula is C20H36N6O9. The molecule has 0 aromatic heterocycles. The molecule has 0 rings (SSSR count). The van der Waals surface area contributed by atoms with Crippen LogP contribution in [0, 0.1) is 0 Å². The Morgan fingerprint density at radius 1 is 0.800 bits per heavy atom. The van der Waals surface area contributed by atoms with Gasteiger partial charge in [0.2, 0.25) is 23.6 Å². The summed E-state index contributed by atoms with van der Waals surface area (Å²) in [6, 6.07) is -5.48. The van der Waals surface area contributed by atoms with Crippen molar-refractivity contribution in [2.75, 3.05) is 6.54 Å². The largest absolute Gasteiger partial charge is 0.481 e.